The van der Waals surface area contributed by atoms with Gasteiger partial charge >= 0.3 is 11.9 Å². The van der Waals surface area contributed by atoms with Crippen molar-refractivity contribution in [1.82, 2.24) is 36.4 Å². The molecule has 0 bridgehead atoms. The van der Waals surface area contributed by atoms with Crippen LogP contribution in [0.5, 0.6) is 0 Å². The second-order valence-corrected chi connectivity index (χ2v) is 17.4. The van der Waals surface area contributed by atoms with Crippen LogP contribution in [0.4, 0.5) is 0 Å². The molecular weight excluding hydrogens is 885 g/mol. The summed E-state index contributed by atoms with van der Waals surface area (Å²) in [6.07, 6.45) is 7.05. The van der Waals surface area contributed by atoms with Gasteiger partial charge in [0, 0.05) is 25.1 Å². The molecule has 3 rings (SSSR count). The molecule has 68 heavy (non-hydrogen) atoms. The Balaban J connectivity index is 1.62. The van der Waals surface area contributed by atoms with Gasteiger partial charge in [-0.05, 0) is 51.0 Å². The maximum atomic E-state index is 14.1. The van der Waals surface area contributed by atoms with Crippen LogP contribution < -0.4 is 43.8 Å². The zero-order chi connectivity index (χ0) is 50.9. The van der Waals surface area contributed by atoms with Crippen molar-refractivity contribution in [1.29, 1.82) is 0 Å². The van der Waals surface area contributed by atoms with Gasteiger partial charge < -0.3 is 63.4 Å². The predicted molar refractivity (Wildman–Crippen MR) is 247 cm³/mol. The number of amides is 7. The first kappa shape index (κ1) is 55.5. The van der Waals surface area contributed by atoms with E-state index in [1.165, 1.54) is 37.1 Å². The van der Waals surface area contributed by atoms with Crippen LogP contribution in [0.2, 0.25) is 0 Å². The third-order valence-corrected chi connectivity index (χ3v) is 11.4. The average molecular weight is 951 g/mol. The van der Waals surface area contributed by atoms with Crippen LogP contribution in [-0.2, 0) is 59.1 Å². The maximum Gasteiger partial charge on any atom is 0.325 e. The average Bonchev–Trinajstić information content (AvgIpc) is 3.96. The van der Waals surface area contributed by atoms with Crippen LogP contribution in [0.1, 0.15) is 65.9 Å². The second-order valence-electron chi connectivity index (χ2n) is 17.4. The van der Waals surface area contributed by atoms with Crippen molar-refractivity contribution in [2.75, 3.05) is 26.2 Å². The van der Waals surface area contributed by atoms with Crippen LogP contribution in [0, 0.1) is 11.8 Å². The van der Waals surface area contributed by atoms with Gasteiger partial charge in [0.15, 0.2) is 5.78 Å². The van der Waals surface area contributed by atoms with E-state index in [4.69, 9.17) is 21.9 Å². The van der Waals surface area contributed by atoms with Gasteiger partial charge in [-0.2, -0.15) is 0 Å². The molecule has 1 aromatic rings. The summed E-state index contributed by atoms with van der Waals surface area (Å²) in [5, 5.41) is 21.8. The third-order valence-electron chi connectivity index (χ3n) is 11.4. The highest BCUT2D eigenvalue weighted by molar-refractivity contribution is 6.01. The number of benzene rings is 1. The highest BCUT2D eigenvalue weighted by Gasteiger charge is 2.46. The Morgan fingerprint density at radius 3 is 2.12 bits per heavy atom. The number of nitrogens with zero attached hydrogens (tertiary/aromatic N) is 2. The van der Waals surface area contributed by atoms with Crippen molar-refractivity contribution < 1.29 is 57.8 Å². The van der Waals surface area contributed by atoms with E-state index in [-0.39, 0.29) is 38.1 Å². The van der Waals surface area contributed by atoms with E-state index in [0.29, 0.717) is 0 Å². The fraction of sp³-hybridized carbons (Fsp3) is 0.522. The molecule has 0 spiro atoms. The second kappa shape index (κ2) is 25.9. The molecule has 0 saturated carbocycles. The number of nitrogens with two attached hydrogens (primary N) is 3. The van der Waals surface area contributed by atoms with Gasteiger partial charge in [0.2, 0.25) is 35.4 Å². The van der Waals surface area contributed by atoms with Crippen LogP contribution in [0.25, 0.3) is 0 Å². The van der Waals surface area contributed by atoms with Crippen molar-refractivity contribution in [3.8, 4) is 0 Å². The Labute approximate surface area is 395 Å². The SMILES string of the molecule is C=C[C@H](C)[C@H](NC(=O)[C@@H](N)COC(=O)CNC(=O)[C@@H](N)Cc1ccccc1)C(=O)N1C=CC[C@]1(C)C(=O)CNC(=O)[C@@H]1C=CCN1C(=O)[C@H](CC(C)C)NC(=O)[C@H](CCC(=O)O)NC(=O)[C@H](C)N. The molecule has 22 heteroatoms. The number of rotatable bonds is 26. The summed E-state index contributed by atoms with van der Waals surface area (Å²) in [7, 11) is 0. The number of Topliss-reactive ketones (excluding diaryl/α,β-unsaturated/α-hetero) is 1. The molecule has 0 saturated heterocycles. The molecule has 7 amide bonds. The van der Waals surface area contributed by atoms with Crippen LogP contribution in [0.3, 0.4) is 0 Å². The Morgan fingerprint density at radius 2 is 1.50 bits per heavy atom. The van der Waals surface area contributed by atoms with Gasteiger partial charge in [0.25, 0.3) is 5.91 Å². The number of carbonyl (C=O) groups is 10. The minimum absolute atomic E-state index is 0.0211. The van der Waals surface area contributed by atoms with Crippen molar-refractivity contribution >= 4 is 59.1 Å². The van der Waals surface area contributed by atoms with Gasteiger partial charge in [-0.25, -0.2) is 0 Å². The quantitative estimate of drug-likeness (QED) is 0.0360. The fourth-order valence-electron chi connectivity index (χ4n) is 7.18. The Kier molecular flexibility index (Phi) is 21.2. The van der Waals surface area contributed by atoms with Gasteiger partial charge in [-0.3, -0.25) is 47.9 Å². The molecule has 2 aliphatic heterocycles. The lowest BCUT2D eigenvalue weighted by atomic mass is 9.90. The number of nitrogens with one attached hydrogen (secondary N) is 5. The monoisotopic (exact) mass is 950 g/mol. The first-order valence-electron chi connectivity index (χ1n) is 22.3. The molecule has 0 fully saturated rings. The van der Waals surface area contributed by atoms with E-state index in [0.717, 1.165) is 10.5 Å². The van der Waals surface area contributed by atoms with Crippen molar-refractivity contribution in [3.63, 3.8) is 0 Å². The lowest BCUT2D eigenvalue weighted by molar-refractivity contribution is -0.147. The zero-order valence-electron chi connectivity index (χ0n) is 39.1. The van der Waals surface area contributed by atoms with Gasteiger partial charge in [0.05, 0.1) is 18.6 Å². The summed E-state index contributed by atoms with van der Waals surface area (Å²) in [5.74, 6) is -8.60. The molecule has 22 nitrogen and oxygen atoms in total. The van der Waals surface area contributed by atoms with Crippen molar-refractivity contribution in [2.24, 2.45) is 29.0 Å². The van der Waals surface area contributed by atoms with Gasteiger partial charge in [0.1, 0.15) is 48.9 Å². The number of esters is 1. The summed E-state index contributed by atoms with van der Waals surface area (Å²) >= 11 is 0. The standard InChI is InChI=1S/C46H66N10O12/c1-7-27(4)38(54-41(63)31(49)25-68-37(60)24-51-40(62)30(48)22-29-13-9-8-10-14-29)45(67)56-20-12-18-46(56,6)35(57)23-50-43(65)34-15-11-19-55(34)44(66)33(21-26(2)3)53-42(64)32(16-17-36(58)59)52-39(61)28(5)47/h7-15,20,26-28,30-34,38H,1,16-19,21-25,47-49H2,2-6H3,(H,50,65)(H,51,62)(H,52,61)(H,53,64)(H,54,63)(H,58,59)/t27-,28-,30-,31-,32-,33-,34-,38-,46+/m0/s1. The van der Waals surface area contributed by atoms with Gasteiger partial charge in [-0.1, -0.05) is 75.4 Å². The molecule has 1 aromatic carbocycles. The Bertz CT molecular complexity index is 2100. The van der Waals surface area contributed by atoms with E-state index in [1.807, 2.05) is 18.2 Å². The Morgan fingerprint density at radius 1 is 0.838 bits per heavy atom. The zero-order valence-corrected chi connectivity index (χ0v) is 39.1. The van der Waals surface area contributed by atoms with E-state index in [1.54, 1.807) is 45.1 Å². The van der Waals surface area contributed by atoms with Crippen LogP contribution in [0.15, 0.2) is 67.4 Å². The lowest BCUT2D eigenvalue weighted by Crippen LogP contribution is -2.61. The fourth-order valence-corrected chi connectivity index (χ4v) is 7.18. The van der Waals surface area contributed by atoms with Crippen molar-refractivity contribution in [2.45, 2.75) is 115 Å². The first-order valence-corrected chi connectivity index (χ1v) is 22.3. The van der Waals surface area contributed by atoms with E-state index in [9.17, 15) is 53.1 Å². The summed E-state index contributed by atoms with van der Waals surface area (Å²) in [6.45, 7) is 10.1. The summed E-state index contributed by atoms with van der Waals surface area (Å²) in [6, 6.07) is 0.657. The minimum atomic E-state index is -1.54. The number of carbonyl (C=O) groups excluding carboxylic acids is 9. The number of carboxylic acids is 1. The highest BCUT2D eigenvalue weighted by Crippen LogP contribution is 2.30. The summed E-state index contributed by atoms with van der Waals surface area (Å²) in [5.41, 5.74) is 16.9. The van der Waals surface area contributed by atoms with E-state index < -0.39 is 139 Å². The van der Waals surface area contributed by atoms with Gasteiger partial charge in [-0.15, -0.1) is 6.58 Å². The van der Waals surface area contributed by atoms with Crippen LogP contribution in [-0.4, -0.2) is 148 Å². The Hall–Kier alpha value is -6.78. The lowest BCUT2D eigenvalue weighted by Gasteiger charge is -2.37. The number of carboxylic acid groups (broad SMARTS) is 1. The van der Waals surface area contributed by atoms with Crippen molar-refractivity contribution in [3.05, 3.63) is 73.0 Å². The topological polar surface area (TPSA) is 345 Å². The molecule has 0 radical (unpaired) electrons. The highest BCUT2D eigenvalue weighted by atomic mass is 16.5. The molecular formula is C46H66N10O12. The maximum absolute atomic E-state index is 14.1. The number of aliphatic carboxylic acids is 1. The largest absolute Gasteiger partial charge is 0.481 e. The minimum Gasteiger partial charge on any atom is -0.481 e. The molecule has 0 aromatic heterocycles. The van der Waals surface area contributed by atoms with Crippen LogP contribution >= 0.6 is 0 Å². The summed E-state index contributed by atoms with van der Waals surface area (Å²) < 4.78 is 5.09. The summed E-state index contributed by atoms with van der Waals surface area (Å²) in [4.78, 5) is 133. The predicted octanol–water partition coefficient (Wildman–Crippen LogP) is -1.97. The first-order chi connectivity index (χ1) is 32.0. The van der Waals surface area contributed by atoms with E-state index >= 15 is 0 Å². The van der Waals surface area contributed by atoms with E-state index in [2.05, 4.69) is 33.2 Å². The number of ether oxygens (including phenoxy) is 1. The molecule has 0 aliphatic carbocycles. The number of hydrogen-bond donors (Lipinski definition) is 9. The molecule has 0 unspecified atom stereocenters. The molecule has 9 atom stereocenters. The normalized spacial score (nSPS) is 19.3. The number of ketones is 1. The molecule has 372 valence electrons. The number of hydrogen-bond acceptors (Lipinski definition) is 14. The third kappa shape index (κ3) is 15.9. The smallest absolute Gasteiger partial charge is 0.325 e. The molecule has 2 aliphatic rings. The molecule has 2 heterocycles. The molecule has 12 N–H and O–H groups in total.